The summed E-state index contributed by atoms with van der Waals surface area (Å²) in [6, 6.07) is 10.1. The molecule has 3 N–H and O–H groups in total. The van der Waals surface area contributed by atoms with Crippen molar-refractivity contribution in [3.8, 4) is 0 Å². The molecule has 1 unspecified atom stereocenters. The molecule has 138 valence electrons. The summed E-state index contributed by atoms with van der Waals surface area (Å²) in [5.41, 5.74) is 2.52. The van der Waals surface area contributed by atoms with Crippen molar-refractivity contribution in [3.63, 3.8) is 0 Å². The first-order chi connectivity index (χ1) is 13.1. The number of H-pyrrole nitrogens is 1. The Hall–Kier alpha value is -3.26. The minimum Gasteiger partial charge on any atom is -0.345 e. The number of rotatable bonds is 3. The molecule has 7 nitrogen and oxygen atoms in total. The number of carbonyl (C=O) groups excluding carboxylic acids is 2. The average Bonchev–Trinajstić information content (AvgIpc) is 3.17. The lowest BCUT2D eigenvalue weighted by molar-refractivity contribution is -0.121. The highest BCUT2D eigenvalue weighted by atomic mass is 19.1. The van der Waals surface area contributed by atoms with Crippen molar-refractivity contribution in [1.82, 2.24) is 20.2 Å². The van der Waals surface area contributed by atoms with E-state index >= 15 is 0 Å². The zero-order chi connectivity index (χ0) is 18.8. The van der Waals surface area contributed by atoms with E-state index in [1.165, 1.54) is 24.3 Å². The molecule has 1 fully saturated rings. The number of nitrogens with one attached hydrogen (secondary N) is 3. The Balaban J connectivity index is 1.54. The summed E-state index contributed by atoms with van der Waals surface area (Å²) in [6.45, 7) is 1.38. The Bertz CT molecular complexity index is 985. The normalized spacial score (nSPS) is 17.1. The van der Waals surface area contributed by atoms with E-state index in [1.54, 1.807) is 29.4 Å². The maximum Gasteiger partial charge on any atom is 0.254 e. The largest absolute Gasteiger partial charge is 0.345 e. The van der Waals surface area contributed by atoms with Crippen LogP contribution in [-0.4, -0.2) is 52.4 Å². The minimum atomic E-state index is -0.659. The van der Waals surface area contributed by atoms with Gasteiger partial charge in [0.15, 0.2) is 0 Å². The molecule has 0 aliphatic carbocycles. The highest BCUT2D eigenvalue weighted by Gasteiger charge is 2.32. The van der Waals surface area contributed by atoms with Gasteiger partial charge in [-0.3, -0.25) is 9.59 Å². The van der Waals surface area contributed by atoms with Gasteiger partial charge in [0.25, 0.3) is 5.91 Å². The fourth-order valence-corrected chi connectivity index (χ4v) is 3.17. The van der Waals surface area contributed by atoms with Gasteiger partial charge in [-0.1, -0.05) is 0 Å². The van der Waals surface area contributed by atoms with Crippen molar-refractivity contribution in [2.45, 2.75) is 6.04 Å². The molecule has 1 atom stereocenters. The van der Waals surface area contributed by atoms with Crippen LogP contribution in [0.1, 0.15) is 10.4 Å². The molecule has 2 aromatic carbocycles. The van der Waals surface area contributed by atoms with E-state index in [-0.39, 0.29) is 17.6 Å². The molecule has 1 aliphatic rings. The van der Waals surface area contributed by atoms with Gasteiger partial charge in [0.1, 0.15) is 11.9 Å². The van der Waals surface area contributed by atoms with Crippen LogP contribution in [0.25, 0.3) is 11.0 Å². The van der Waals surface area contributed by atoms with Crippen LogP contribution in [0.4, 0.5) is 10.1 Å². The van der Waals surface area contributed by atoms with Crippen LogP contribution in [0.15, 0.2) is 48.8 Å². The van der Waals surface area contributed by atoms with E-state index in [1.807, 2.05) is 0 Å². The summed E-state index contributed by atoms with van der Waals surface area (Å²) < 4.78 is 13.0. The van der Waals surface area contributed by atoms with Gasteiger partial charge in [0, 0.05) is 30.9 Å². The lowest BCUT2D eigenvalue weighted by atomic mass is 10.1. The standard InChI is InChI=1S/C19H18FN5O2/c20-13-2-4-14(5-3-13)24-18(26)17-10-21-7-8-25(17)19(27)12-1-6-15-16(9-12)23-11-22-15/h1-6,9,11,17,21H,7-8,10H2,(H,22,23)(H,24,26). The van der Waals surface area contributed by atoms with Gasteiger partial charge in [-0.05, 0) is 42.5 Å². The number of carbonyl (C=O) groups is 2. The molecule has 0 saturated carbocycles. The van der Waals surface area contributed by atoms with Crippen LogP contribution in [0, 0.1) is 5.82 Å². The second-order valence-corrected chi connectivity index (χ2v) is 6.35. The summed E-state index contributed by atoms with van der Waals surface area (Å²) in [6.07, 6.45) is 1.57. The second-order valence-electron chi connectivity index (χ2n) is 6.35. The number of benzene rings is 2. The lowest BCUT2D eigenvalue weighted by Crippen LogP contribution is -2.58. The molecule has 1 aliphatic heterocycles. The first-order valence-electron chi connectivity index (χ1n) is 8.63. The van der Waals surface area contributed by atoms with Gasteiger partial charge in [0.2, 0.25) is 5.91 Å². The Morgan fingerprint density at radius 3 is 2.81 bits per heavy atom. The monoisotopic (exact) mass is 367 g/mol. The fraction of sp³-hybridized carbons (Fsp3) is 0.211. The molecule has 27 heavy (non-hydrogen) atoms. The van der Waals surface area contributed by atoms with Crippen molar-refractivity contribution in [2.75, 3.05) is 25.0 Å². The number of anilines is 1. The van der Waals surface area contributed by atoms with Crippen LogP contribution in [0.3, 0.4) is 0 Å². The SMILES string of the molecule is O=C(Nc1ccc(F)cc1)C1CNCCN1C(=O)c1ccc2nc[nH]c2c1. The molecule has 0 bridgehead atoms. The number of halogens is 1. The van der Waals surface area contributed by atoms with Crippen LogP contribution >= 0.6 is 0 Å². The number of aromatic amines is 1. The third kappa shape index (κ3) is 3.52. The van der Waals surface area contributed by atoms with Crippen molar-refractivity contribution in [3.05, 3.63) is 60.2 Å². The van der Waals surface area contributed by atoms with Crippen LogP contribution in [-0.2, 0) is 4.79 Å². The van der Waals surface area contributed by atoms with Crippen molar-refractivity contribution < 1.29 is 14.0 Å². The van der Waals surface area contributed by atoms with Crippen LogP contribution in [0.2, 0.25) is 0 Å². The molecule has 4 rings (SSSR count). The van der Waals surface area contributed by atoms with Gasteiger partial charge in [-0.25, -0.2) is 9.37 Å². The van der Waals surface area contributed by atoms with Crippen molar-refractivity contribution in [2.24, 2.45) is 0 Å². The third-order valence-electron chi connectivity index (χ3n) is 4.59. The molecule has 2 amide bonds. The molecule has 1 aromatic heterocycles. The molecule has 0 radical (unpaired) electrons. The number of hydrogen-bond donors (Lipinski definition) is 3. The molecule has 3 aromatic rings. The summed E-state index contributed by atoms with van der Waals surface area (Å²) in [5.74, 6) is -0.907. The molecule has 8 heteroatoms. The van der Waals surface area contributed by atoms with Crippen LogP contribution in [0.5, 0.6) is 0 Å². The molecule has 0 spiro atoms. The van der Waals surface area contributed by atoms with Gasteiger partial charge in [0.05, 0.1) is 17.4 Å². The topological polar surface area (TPSA) is 90.1 Å². The number of piperazine rings is 1. The van der Waals surface area contributed by atoms with Gasteiger partial charge < -0.3 is 20.5 Å². The Morgan fingerprint density at radius 1 is 1.19 bits per heavy atom. The summed E-state index contributed by atoms with van der Waals surface area (Å²) in [7, 11) is 0. The lowest BCUT2D eigenvalue weighted by Gasteiger charge is -2.35. The number of amides is 2. The predicted octanol–water partition coefficient (Wildman–Crippen LogP) is 1.75. The first kappa shape index (κ1) is 17.2. The van der Waals surface area contributed by atoms with E-state index in [9.17, 15) is 14.0 Å². The van der Waals surface area contributed by atoms with Crippen molar-refractivity contribution >= 4 is 28.5 Å². The quantitative estimate of drug-likeness (QED) is 0.658. The smallest absolute Gasteiger partial charge is 0.254 e. The van der Waals surface area contributed by atoms with E-state index in [4.69, 9.17) is 0 Å². The Labute approximate surface area is 154 Å². The fourth-order valence-electron chi connectivity index (χ4n) is 3.17. The highest BCUT2D eigenvalue weighted by molar-refractivity contribution is 6.02. The molecule has 1 saturated heterocycles. The van der Waals surface area contributed by atoms with Crippen molar-refractivity contribution in [1.29, 1.82) is 0 Å². The number of fused-ring (bicyclic) bond motifs is 1. The van der Waals surface area contributed by atoms with E-state index in [0.717, 1.165) is 11.0 Å². The average molecular weight is 367 g/mol. The molecular formula is C19H18FN5O2. The second kappa shape index (κ2) is 7.16. The maximum absolute atomic E-state index is 13.0. The first-order valence-corrected chi connectivity index (χ1v) is 8.63. The summed E-state index contributed by atoms with van der Waals surface area (Å²) >= 11 is 0. The van der Waals surface area contributed by atoms with Gasteiger partial charge >= 0.3 is 0 Å². The predicted molar refractivity (Wildman–Crippen MR) is 98.8 cm³/mol. The number of hydrogen-bond acceptors (Lipinski definition) is 4. The van der Waals surface area contributed by atoms with E-state index < -0.39 is 6.04 Å². The highest BCUT2D eigenvalue weighted by Crippen LogP contribution is 2.17. The Kier molecular flexibility index (Phi) is 4.55. The summed E-state index contributed by atoms with van der Waals surface area (Å²) in [5, 5.41) is 5.89. The third-order valence-corrected chi connectivity index (χ3v) is 4.59. The molecule has 2 heterocycles. The molecular weight excluding hydrogens is 349 g/mol. The van der Waals surface area contributed by atoms with Gasteiger partial charge in [-0.2, -0.15) is 0 Å². The minimum absolute atomic E-state index is 0.216. The Morgan fingerprint density at radius 2 is 2.00 bits per heavy atom. The maximum atomic E-state index is 13.0. The van der Waals surface area contributed by atoms with Crippen LogP contribution < -0.4 is 10.6 Å². The zero-order valence-corrected chi connectivity index (χ0v) is 14.4. The zero-order valence-electron chi connectivity index (χ0n) is 14.4. The van der Waals surface area contributed by atoms with Gasteiger partial charge in [-0.15, -0.1) is 0 Å². The van der Waals surface area contributed by atoms with E-state index in [2.05, 4.69) is 20.6 Å². The number of aromatic nitrogens is 2. The summed E-state index contributed by atoms with van der Waals surface area (Å²) in [4.78, 5) is 34.4. The van der Waals surface area contributed by atoms with E-state index in [0.29, 0.717) is 30.9 Å². The number of imidazole rings is 1. The number of nitrogens with zero attached hydrogens (tertiary/aromatic N) is 2.